The van der Waals surface area contributed by atoms with Crippen molar-refractivity contribution < 1.29 is 15.0 Å². The molecule has 0 radical (unpaired) electrons. The van der Waals surface area contributed by atoms with Crippen molar-refractivity contribution in [1.82, 2.24) is 0 Å². The van der Waals surface area contributed by atoms with Gasteiger partial charge in [0.25, 0.3) is 0 Å². The fourth-order valence-electron chi connectivity index (χ4n) is 2.74. The molecule has 0 saturated carbocycles. The molecule has 142 valence electrons. The van der Waals surface area contributed by atoms with Crippen LogP contribution in [0.15, 0.2) is 12.2 Å². The van der Waals surface area contributed by atoms with Gasteiger partial charge in [0, 0.05) is 0 Å². The highest BCUT2D eigenvalue weighted by Crippen LogP contribution is 2.13. The standard InChI is InChI=1S/C20H39NO3/c1-3-4-5-6-7-8-9-10-11-12-13-14-15-16-19(24)20(21,17-22)18(2)23/h15-16,19,22,24H,3-14,17,21H2,1-2H3/b16-15+/t19-,20-/m1/s1. The maximum atomic E-state index is 11.4. The summed E-state index contributed by atoms with van der Waals surface area (Å²) in [4.78, 5) is 11.4. The molecule has 4 heteroatoms. The first-order chi connectivity index (χ1) is 11.5. The lowest BCUT2D eigenvalue weighted by molar-refractivity contribution is -0.126. The van der Waals surface area contributed by atoms with Crippen LogP contribution in [0.3, 0.4) is 0 Å². The average Bonchev–Trinajstić information content (AvgIpc) is 2.57. The average molecular weight is 342 g/mol. The molecule has 0 heterocycles. The molecule has 0 spiro atoms. The fraction of sp³-hybridized carbons (Fsp3) is 0.850. The highest BCUT2D eigenvalue weighted by atomic mass is 16.3. The quantitative estimate of drug-likeness (QED) is 0.294. The lowest BCUT2D eigenvalue weighted by atomic mass is 9.90. The summed E-state index contributed by atoms with van der Waals surface area (Å²) in [6.07, 6.45) is 17.5. The number of Topliss-reactive ketones (excluding diaryl/α,β-unsaturated/α-hetero) is 1. The van der Waals surface area contributed by atoms with Crippen LogP contribution in [0.25, 0.3) is 0 Å². The maximum Gasteiger partial charge on any atom is 0.154 e. The third-order valence-corrected chi connectivity index (χ3v) is 4.74. The minimum Gasteiger partial charge on any atom is -0.394 e. The van der Waals surface area contributed by atoms with Crippen molar-refractivity contribution in [2.75, 3.05) is 6.61 Å². The number of hydrogen-bond acceptors (Lipinski definition) is 4. The first-order valence-electron chi connectivity index (χ1n) is 9.74. The third kappa shape index (κ3) is 10.2. The summed E-state index contributed by atoms with van der Waals surface area (Å²) in [5.41, 5.74) is 4.15. The van der Waals surface area contributed by atoms with Crippen molar-refractivity contribution in [2.24, 2.45) is 5.73 Å². The summed E-state index contributed by atoms with van der Waals surface area (Å²) in [7, 11) is 0. The largest absolute Gasteiger partial charge is 0.394 e. The lowest BCUT2D eigenvalue weighted by Crippen LogP contribution is -2.58. The number of aliphatic hydroxyl groups is 2. The Bertz CT molecular complexity index is 344. The minimum absolute atomic E-state index is 0.406. The van der Waals surface area contributed by atoms with Crippen molar-refractivity contribution >= 4 is 5.78 Å². The molecule has 24 heavy (non-hydrogen) atoms. The van der Waals surface area contributed by atoms with Crippen molar-refractivity contribution in [1.29, 1.82) is 0 Å². The molecule has 0 aromatic heterocycles. The topological polar surface area (TPSA) is 83.6 Å². The van der Waals surface area contributed by atoms with Crippen molar-refractivity contribution in [3.05, 3.63) is 12.2 Å². The van der Waals surface area contributed by atoms with Gasteiger partial charge >= 0.3 is 0 Å². The molecule has 0 saturated heterocycles. The summed E-state index contributed by atoms with van der Waals surface area (Å²) >= 11 is 0. The van der Waals surface area contributed by atoms with Crippen molar-refractivity contribution in [3.8, 4) is 0 Å². The Morgan fingerprint density at radius 1 is 1.00 bits per heavy atom. The SMILES string of the molecule is CCCCCCCCCCCCC/C=C/[C@@H](O)[C@@](N)(CO)C(C)=O. The van der Waals surface area contributed by atoms with Crippen LogP contribution in [0.5, 0.6) is 0 Å². The third-order valence-electron chi connectivity index (χ3n) is 4.74. The van der Waals surface area contributed by atoms with Crippen LogP contribution in [-0.2, 0) is 4.79 Å². The van der Waals surface area contributed by atoms with Crippen LogP contribution < -0.4 is 5.73 Å². The second kappa shape index (κ2) is 14.6. The van der Waals surface area contributed by atoms with Gasteiger partial charge in [-0.2, -0.15) is 0 Å². The van der Waals surface area contributed by atoms with E-state index in [1.54, 1.807) is 0 Å². The fourth-order valence-corrected chi connectivity index (χ4v) is 2.74. The molecule has 4 N–H and O–H groups in total. The zero-order valence-corrected chi connectivity index (χ0v) is 15.8. The van der Waals surface area contributed by atoms with E-state index < -0.39 is 24.0 Å². The second-order valence-electron chi connectivity index (χ2n) is 6.95. The van der Waals surface area contributed by atoms with Gasteiger partial charge in [-0.15, -0.1) is 0 Å². The smallest absolute Gasteiger partial charge is 0.154 e. The van der Waals surface area contributed by atoms with E-state index in [4.69, 9.17) is 5.73 Å². The summed E-state index contributed by atoms with van der Waals surface area (Å²) in [6, 6.07) is 0. The number of unbranched alkanes of at least 4 members (excludes halogenated alkanes) is 11. The number of rotatable bonds is 16. The number of nitrogens with two attached hydrogens (primary N) is 1. The molecule has 0 aromatic rings. The Morgan fingerprint density at radius 2 is 1.46 bits per heavy atom. The molecule has 0 bridgehead atoms. The van der Waals surface area contributed by atoms with E-state index in [0.717, 1.165) is 12.8 Å². The van der Waals surface area contributed by atoms with E-state index in [2.05, 4.69) is 6.92 Å². The Morgan fingerprint density at radius 3 is 1.88 bits per heavy atom. The van der Waals surface area contributed by atoms with E-state index in [1.807, 2.05) is 6.08 Å². The summed E-state index contributed by atoms with van der Waals surface area (Å²) in [5, 5.41) is 19.1. The summed E-state index contributed by atoms with van der Waals surface area (Å²) < 4.78 is 0. The number of ketones is 1. The Labute approximate surface area is 148 Å². The van der Waals surface area contributed by atoms with Gasteiger partial charge in [0.05, 0.1) is 12.7 Å². The highest BCUT2D eigenvalue weighted by Gasteiger charge is 2.36. The van der Waals surface area contributed by atoms with Crippen molar-refractivity contribution in [3.63, 3.8) is 0 Å². The lowest BCUT2D eigenvalue weighted by Gasteiger charge is -2.27. The molecule has 0 aliphatic carbocycles. The van der Waals surface area contributed by atoms with Crippen LogP contribution in [0.4, 0.5) is 0 Å². The molecule has 0 amide bonds. The molecular formula is C20H39NO3. The van der Waals surface area contributed by atoms with Crippen LogP contribution in [0.1, 0.15) is 90.9 Å². The van der Waals surface area contributed by atoms with Gasteiger partial charge < -0.3 is 15.9 Å². The predicted octanol–water partition coefficient (Wildman–Crippen LogP) is 3.88. The highest BCUT2D eigenvalue weighted by molar-refractivity contribution is 5.87. The maximum absolute atomic E-state index is 11.4. The zero-order chi connectivity index (χ0) is 18.3. The number of aliphatic hydroxyl groups excluding tert-OH is 2. The molecular weight excluding hydrogens is 302 g/mol. The second-order valence-corrected chi connectivity index (χ2v) is 6.95. The van der Waals surface area contributed by atoms with Gasteiger partial charge in [0.1, 0.15) is 5.54 Å². The van der Waals surface area contributed by atoms with Crippen LogP contribution in [0, 0.1) is 0 Å². The van der Waals surface area contributed by atoms with Gasteiger partial charge in [-0.25, -0.2) is 0 Å². The van der Waals surface area contributed by atoms with E-state index in [0.29, 0.717) is 0 Å². The number of hydrogen-bond donors (Lipinski definition) is 3. The Balaban J connectivity index is 3.57. The van der Waals surface area contributed by atoms with E-state index in [-0.39, 0.29) is 0 Å². The van der Waals surface area contributed by atoms with Gasteiger partial charge in [0.2, 0.25) is 0 Å². The summed E-state index contributed by atoms with van der Waals surface area (Å²) in [6.45, 7) is 2.99. The van der Waals surface area contributed by atoms with E-state index in [1.165, 1.54) is 77.2 Å². The van der Waals surface area contributed by atoms with Gasteiger partial charge in [0.15, 0.2) is 5.78 Å². The van der Waals surface area contributed by atoms with Crippen LogP contribution in [0.2, 0.25) is 0 Å². The van der Waals surface area contributed by atoms with Gasteiger partial charge in [-0.05, 0) is 19.8 Å². The first-order valence-corrected chi connectivity index (χ1v) is 9.74. The van der Waals surface area contributed by atoms with Gasteiger partial charge in [-0.1, -0.05) is 83.3 Å². The molecule has 0 aliphatic heterocycles. The van der Waals surface area contributed by atoms with Crippen LogP contribution in [-0.4, -0.2) is 34.2 Å². The number of carbonyl (C=O) groups is 1. The van der Waals surface area contributed by atoms with Crippen molar-refractivity contribution in [2.45, 2.75) is 103 Å². The number of allylic oxidation sites excluding steroid dienone is 1. The molecule has 0 aromatic carbocycles. The van der Waals surface area contributed by atoms with Crippen LogP contribution >= 0.6 is 0 Å². The molecule has 4 nitrogen and oxygen atoms in total. The Kier molecular flexibility index (Phi) is 14.2. The van der Waals surface area contributed by atoms with E-state index in [9.17, 15) is 15.0 Å². The molecule has 0 fully saturated rings. The predicted molar refractivity (Wildman–Crippen MR) is 101 cm³/mol. The normalized spacial score (nSPS) is 15.5. The minimum atomic E-state index is -1.58. The number of carbonyl (C=O) groups excluding carboxylic acids is 1. The molecule has 2 atom stereocenters. The van der Waals surface area contributed by atoms with Gasteiger partial charge in [-0.3, -0.25) is 4.79 Å². The monoisotopic (exact) mass is 341 g/mol. The molecule has 0 aliphatic rings. The molecule has 0 unspecified atom stereocenters. The summed E-state index contributed by atoms with van der Waals surface area (Å²) in [5.74, 6) is -0.406. The zero-order valence-electron chi connectivity index (χ0n) is 15.8. The Hall–Kier alpha value is -0.710. The molecule has 0 rings (SSSR count). The van der Waals surface area contributed by atoms with E-state index >= 15 is 0 Å². The first kappa shape index (κ1) is 23.3.